The van der Waals surface area contributed by atoms with Gasteiger partial charge in [-0.1, -0.05) is 15.9 Å². The number of hydrogen-bond acceptors (Lipinski definition) is 4. The highest BCUT2D eigenvalue weighted by Gasteiger charge is 2.27. The van der Waals surface area contributed by atoms with Crippen LogP contribution in [0.1, 0.15) is 18.0 Å². The molecule has 5 heteroatoms. The Morgan fingerprint density at radius 1 is 1.17 bits per heavy atom. The Bertz CT molecular complexity index is 446. The van der Waals surface area contributed by atoms with Gasteiger partial charge >= 0.3 is 0 Å². The van der Waals surface area contributed by atoms with Crippen LogP contribution in [0.2, 0.25) is 0 Å². The third kappa shape index (κ3) is 2.22. The first-order valence-electron chi connectivity index (χ1n) is 6.18. The maximum absolute atomic E-state index is 6.33. The first-order chi connectivity index (χ1) is 8.75. The smallest absolute Gasteiger partial charge is 0.162 e. The molecule has 0 aromatic heterocycles. The molecule has 2 unspecified atom stereocenters. The quantitative estimate of drug-likeness (QED) is 0.910. The second-order valence-electron chi connectivity index (χ2n) is 4.67. The van der Waals surface area contributed by atoms with E-state index in [0.717, 1.165) is 41.2 Å². The molecule has 0 spiro atoms. The summed E-state index contributed by atoms with van der Waals surface area (Å²) in [6.45, 7) is 2.74. The molecule has 0 bridgehead atoms. The van der Waals surface area contributed by atoms with Gasteiger partial charge in [0.05, 0.1) is 6.61 Å². The van der Waals surface area contributed by atoms with E-state index in [9.17, 15) is 0 Å². The molecule has 3 rings (SSSR count). The minimum atomic E-state index is -0.0299. The number of halogens is 1. The normalized spacial score (nSPS) is 24.0. The summed E-state index contributed by atoms with van der Waals surface area (Å²) in [5.41, 5.74) is 7.39. The standard InChI is InChI=1S/C13H16BrNO3/c14-10-6-12-11(17-3-4-18-12)5-9(10)13(15)8-1-2-16-7-8/h5-6,8,13H,1-4,7,15H2. The van der Waals surface area contributed by atoms with Crippen molar-refractivity contribution < 1.29 is 14.2 Å². The lowest BCUT2D eigenvalue weighted by atomic mass is 9.93. The Kier molecular flexibility index (Phi) is 3.46. The molecule has 2 N–H and O–H groups in total. The fourth-order valence-electron chi connectivity index (χ4n) is 2.43. The molecule has 98 valence electrons. The second-order valence-corrected chi connectivity index (χ2v) is 5.52. The summed E-state index contributed by atoms with van der Waals surface area (Å²) in [4.78, 5) is 0. The summed E-state index contributed by atoms with van der Waals surface area (Å²) in [5.74, 6) is 1.95. The van der Waals surface area contributed by atoms with E-state index in [-0.39, 0.29) is 6.04 Å². The van der Waals surface area contributed by atoms with Crippen LogP contribution in [-0.2, 0) is 4.74 Å². The predicted molar refractivity (Wildman–Crippen MR) is 71.0 cm³/mol. The molecular weight excluding hydrogens is 298 g/mol. The van der Waals surface area contributed by atoms with Gasteiger partial charge in [-0.25, -0.2) is 0 Å². The zero-order valence-corrected chi connectivity index (χ0v) is 11.6. The van der Waals surface area contributed by atoms with Crippen LogP contribution >= 0.6 is 15.9 Å². The SMILES string of the molecule is NC(c1cc2c(cc1Br)OCCO2)C1CCOC1. The molecular formula is C13H16BrNO3. The minimum absolute atomic E-state index is 0.0299. The highest BCUT2D eigenvalue weighted by atomic mass is 79.9. The fraction of sp³-hybridized carbons (Fsp3) is 0.538. The number of rotatable bonds is 2. The van der Waals surface area contributed by atoms with E-state index in [1.807, 2.05) is 12.1 Å². The Morgan fingerprint density at radius 2 is 1.89 bits per heavy atom. The minimum Gasteiger partial charge on any atom is -0.486 e. The van der Waals surface area contributed by atoms with Gasteiger partial charge in [-0.2, -0.15) is 0 Å². The van der Waals surface area contributed by atoms with Crippen molar-refractivity contribution in [3.8, 4) is 11.5 Å². The highest BCUT2D eigenvalue weighted by Crippen LogP contribution is 2.39. The third-order valence-corrected chi connectivity index (χ3v) is 4.18. The second kappa shape index (κ2) is 5.07. The molecule has 2 aliphatic heterocycles. The highest BCUT2D eigenvalue weighted by molar-refractivity contribution is 9.10. The average Bonchev–Trinajstić information content (AvgIpc) is 2.91. The molecule has 1 fully saturated rings. The Hall–Kier alpha value is -0.780. The molecule has 18 heavy (non-hydrogen) atoms. The van der Waals surface area contributed by atoms with Crippen molar-refractivity contribution >= 4 is 15.9 Å². The molecule has 0 radical (unpaired) electrons. The third-order valence-electron chi connectivity index (χ3n) is 3.49. The van der Waals surface area contributed by atoms with Crippen molar-refractivity contribution in [1.82, 2.24) is 0 Å². The van der Waals surface area contributed by atoms with Gasteiger partial charge in [-0.3, -0.25) is 0 Å². The maximum Gasteiger partial charge on any atom is 0.162 e. The predicted octanol–water partition coefficient (Wildman–Crippen LogP) is 2.26. The topological polar surface area (TPSA) is 53.7 Å². The molecule has 1 aromatic rings. The lowest BCUT2D eigenvalue weighted by Crippen LogP contribution is -2.23. The van der Waals surface area contributed by atoms with E-state index in [1.54, 1.807) is 0 Å². The molecule has 2 atom stereocenters. The van der Waals surface area contributed by atoms with Gasteiger partial charge in [0, 0.05) is 23.0 Å². The molecule has 2 heterocycles. The number of ether oxygens (including phenoxy) is 3. The Morgan fingerprint density at radius 3 is 2.56 bits per heavy atom. The van der Waals surface area contributed by atoms with Crippen molar-refractivity contribution in [3.05, 3.63) is 22.2 Å². The van der Waals surface area contributed by atoms with Crippen molar-refractivity contribution in [1.29, 1.82) is 0 Å². The van der Waals surface area contributed by atoms with Crippen LogP contribution in [-0.4, -0.2) is 26.4 Å². The van der Waals surface area contributed by atoms with Crippen LogP contribution in [0.15, 0.2) is 16.6 Å². The first kappa shape index (κ1) is 12.3. The molecule has 1 saturated heterocycles. The number of fused-ring (bicyclic) bond motifs is 1. The average molecular weight is 314 g/mol. The lowest BCUT2D eigenvalue weighted by Gasteiger charge is -2.24. The Balaban J connectivity index is 1.90. The van der Waals surface area contributed by atoms with Crippen LogP contribution in [0, 0.1) is 5.92 Å². The number of hydrogen-bond donors (Lipinski definition) is 1. The number of benzene rings is 1. The summed E-state index contributed by atoms with van der Waals surface area (Å²) in [6, 6.07) is 3.90. The molecule has 2 aliphatic rings. The summed E-state index contributed by atoms with van der Waals surface area (Å²) in [5, 5.41) is 0. The Labute approximate surface area is 115 Å². The van der Waals surface area contributed by atoms with E-state index in [4.69, 9.17) is 19.9 Å². The van der Waals surface area contributed by atoms with Crippen LogP contribution < -0.4 is 15.2 Å². The molecule has 0 amide bonds. The monoisotopic (exact) mass is 313 g/mol. The van der Waals surface area contributed by atoms with Gasteiger partial charge in [-0.15, -0.1) is 0 Å². The lowest BCUT2D eigenvalue weighted by molar-refractivity contribution is 0.170. The van der Waals surface area contributed by atoms with Gasteiger partial charge in [0.2, 0.25) is 0 Å². The maximum atomic E-state index is 6.33. The van der Waals surface area contributed by atoms with Crippen LogP contribution in [0.4, 0.5) is 0 Å². The van der Waals surface area contributed by atoms with E-state index >= 15 is 0 Å². The van der Waals surface area contributed by atoms with Gasteiger partial charge in [0.1, 0.15) is 13.2 Å². The summed E-state index contributed by atoms with van der Waals surface area (Å²) in [7, 11) is 0. The van der Waals surface area contributed by atoms with Gasteiger partial charge in [0.15, 0.2) is 11.5 Å². The van der Waals surface area contributed by atoms with Gasteiger partial charge < -0.3 is 19.9 Å². The van der Waals surface area contributed by atoms with Crippen molar-refractivity contribution in [3.63, 3.8) is 0 Å². The van der Waals surface area contributed by atoms with Crippen LogP contribution in [0.3, 0.4) is 0 Å². The van der Waals surface area contributed by atoms with Crippen molar-refractivity contribution in [2.75, 3.05) is 26.4 Å². The first-order valence-corrected chi connectivity index (χ1v) is 6.97. The summed E-state index contributed by atoms with van der Waals surface area (Å²) < 4.78 is 17.5. The van der Waals surface area contributed by atoms with Crippen LogP contribution in [0.5, 0.6) is 11.5 Å². The number of nitrogens with two attached hydrogens (primary N) is 1. The molecule has 4 nitrogen and oxygen atoms in total. The molecule has 1 aromatic carbocycles. The zero-order chi connectivity index (χ0) is 12.5. The van der Waals surface area contributed by atoms with E-state index in [1.165, 1.54) is 0 Å². The van der Waals surface area contributed by atoms with E-state index in [2.05, 4.69) is 15.9 Å². The molecule has 0 saturated carbocycles. The van der Waals surface area contributed by atoms with E-state index in [0.29, 0.717) is 19.1 Å². The fourth-order valence-corrected chi connectivity index (χ4v) is 3.01. The zero-order valence-electron chi connectivity index (χ0n) is 10.0. The van der Waals surface area contributed by atoms with Crippen molar-refractivity contribution in [2.24, 2.45) is 11.7 Å². The summed E-state index contributed by atoms with van der Waals surface area (Å²) >= 11 is 3.57. The van der Waals surface area contributed by atoms with Crippen LogP contribution in [0.25, 0.3) is 0 Å². The largest absolute Gasteiger partial charge is 0.486 e. The van der Waals surface area contributed by atoms with Gasteiger partial charge in [0.25, 0.3) is 0 Å². The summed E-state index contributed by atoms with van der Waals surface area (Å²) in [6.07, 6.45) is 1.02. The van der Waals surface area contributed by atoms with Crippen molar-refractivity contribution in [2.45, 2.75) is 12.5 Å². The molecule has 0 aliphatic carbocycles. The van der Waals surface area contributed by atoms with E-state index < -0.39 is 0 Å². The van der Waals surface area contributed by atoms with Gasteiger partial charge in [-0.05, 0) is 24.1 Å².